The molecule has 0 spiro atoms. The molecule has 0 radical (unpaired) electrons. The van der Waals surface area contributed by atoms with Gasteiger partial charge in [0.2, 0.25) is 0 Å². The number of alkyl halides is 3. The zero-order valence-corrected chi connectivity index (χ0v) is 9.12. The Hall–Kier alpha value is -1.56. The SMILES string of the molecule is COC(=O)C(NCC(F)(F)F)c1ccccc1. The van der Waals surface area contributed by atoms with Crippen molar-refractivity contribution in [1.82, 2.24) is 5.32 Å². The lowest BCUT2D eigenvalue weighted by Gasteiger charge is -2.17. The maximum Gasteiger partial charge on any atom is 0.401 e. The molecule has 0 aromatic heterocycles. The molecule has 1 rings (SSSR count). The van der Waals surface area contributed by atoms with Gasteiger partial charge in [-0.2, -0.15) is 13.2 Å². The molecular formula is C11H12F3NO2. The Bertz CT molecular complexity index is 365. The van der Waals surface area contributed by atoms with E-state index >= 15 is 0 Å². The van der Waals surface area contributed by atoms with Crippen LogP contribution >= 0.6 is 0 Å². The Balaban J connectivity index is 2.79. The maximum absolute atomic E-state index is 12.1. The average Bonchev–Trinajstić information content (AvgIpc) is 2.29. The number of carbonyl (C=O) groups is 1. The summed E-state index contributed by atoms with van der Waals surface area (Å²) in [6, 6.07) is 7.00. The van der Waals surface area contributed by atoms with Crippen molar-refractivity contribution < 1.29 is 22.7 Å². The first-order valence-electron chi connectivity index (χ1n) is 4.87. The van der Waals surface area contributed by atoms with Gasteiger partial charge >= 0.3 is 12.1 Å². The fourth-order valence-electron chi connectivity index (χ4n) is 1.32. The molecule has 94 valence electrons. The number of hydrogen-bond acceptors (Lipinski definition) is 3. The van der Waals surface area contributed by atoms with E-state index < -0.39 is 24.7 Å². The van der Waals surface area contributed by atoms with Gasteiger partial charge in [0.25, 0.3) is 0 Å². The Labute approximate surface area is 96.6 Å². The fourth-order valence-corrected chi connectivity index (χ4v) is 1.32. The molecule has 0 heterocycles. The third-order valence-corrected chi connectivity index (χ3v) is 2.08. The Morgan fingerprint density at radius 3 is 2.41 bits per heavy atom. The Morgan fingerprint density at radius 2 is 1.94 bits per heavy atom. The first-order valence-corrected chi connectivity index (χ1v) is 4.87. The first-order chi connectivity index (χ1) is 7.94. The molecule has 1 aromatic carbocycles. The van der Waals surface area contributed by atoms with Gasteiger partial charge in [0.1, 0.15) is 6.04 Å². The van der Waals surface area contributed by atoms with Gasteiger partial charge in [0.05, 0.1) is 13.7 Å². The molecule has 1 aromatic rings. The fraction of sp³-hybridized carbons (Fsp3) is 0.364. The van der Waals surface area contributed by atoms with Gasteiger partial charge in [-0.05, 0) is 5.56 Å². The van der Waals surface area contributed by atoms with E-state index in [-0.39, 0.29) is 0 Å². The molecule has 0 saturated heterocycles. The molecule has 0 bridgehead atoms. The highest BCUT2D eigenvalue weighted by Gasteiger charge is 2.31. The van der Waals surface area contributed by atoms with E-state index in [0.29, 0.717) is 5.56 Å². The molecule has 0 aliphatic carbocycles. The van der Waals surface area contributed by atoms with Gasteiger partial charge in [0.15, 0.2) is 0 Å². The third-order valence-electron chi connectivity index (χ3n) is 2.08. The van der Waals surface area contributed by atoms with Gasteiger partial charge < -0.3 is 4.74 Å². The van der Waals surface area contributed by atoms with Crippen LogP contribution in [0.15, 0.2) is 30.3 Å². The summed E-state index contributed by atoms with van der Waals surface area (Å²) in [5.41, 5.74) is 0.434. The summed E-state index contributed by atoms with van der Waals surface area (Å²) in [6.07, 6.45) is -4.37. The number of hydrogen-bond donors (Lipinski definition) is 1. The van der Waals surface area contributed by atoms with E-state index in [0.717, 1.165) is 7.11 Å². The van der Waals surface area contributed by atoms with Gasteiger partial charge in [0, 0.05) is 0 Å². The summed E-state index contributed by atoms with van der Waals surface area (Å²) in [5, 5.41) is 2.13. The second-order valence-corrected chi connectivity index (χ2v) is 3.36. The molecule has 0 aliphatic heterocycles. The zero-order valence-electron chi connectivity index (χ0n) is 9.12. The lowest BCUT2D eigenvalue weighted by molar-refractivity contribution is -0.146. The van der Waals surface area contributed by atoms with Crippen molar-refractivity contribution in [3.05, 3.63) is 35.9 Å². The second-order valence-electron chi connectivity index (χ2n) is 3.36. The number of methoxy groups -OCH3 is 1. The molecule has 0 saturated carbocycles. The molecule has 0 aliphatic rings. The van der Waals surface area contributed by atoms with Crippen molar-refractivity contribution in [3.63, 3.8) is 0 Å². The molecule has 6 heteroatoms. The second kappa shape index (κ2) is 5.67. The van der Waals surface area contributed by atoms with E-state index in [1.165, 1.54) is 0 Å². The lowest BCUT2D eigenvalue weighted by atomic mass is 10.1. The highest BCUT2D eigenvalue weighted by molar-refractivity contribution is 5.77. The number of esters is 1. The lowest BCUT2D eigenvalue weighted by Crippen LogP contribution is -2.36. The molecule has 1 N–H and O–H groups in total. The number of benzene rings is 1. The van der Waals surface area contributed by atoms with Crippen LogP contribution < -0.4 is 5.32 Å². The number of rotatable bonds is 4. The van der Waals surface area contributed by atoms with Gasteiger partial charge in [-0.15, -0.1) is 0 Å². The molecule has 0 amide bonds. The van der Waals surface area contributed by atoms with E-state index in [9.17, 15) is 18.0 Å². The van der Waals surface area contributed by atoms with Gasteiger partial charge in [-0.25, -0.2) is 4.79 Å². The van der Waals surface area contributed by atoms with Gasteiger partial charge in [-0.3, -0.25) is 5.32 Å². The predicted octanol–water partition coefficient (Wildman–Crippen LogP) is 2.05. The molecule has 1 atom stereocenters. The van der Waals surface area contributed by atoms with E-state index in [1.54, 1.807) is 30.3 Å². The minimum Gasteiger partial charge on any atom is -0.468 e. The first kappa shape index (κ1) is 13.5. The van der Waals surface area contributed by atoms with Crippen molar-refractivity contribution in [2.45, 2.75) is 12.2 Å². The van der Waals surface area contributed by atoms with Gasteiger partial charge in [-0.1, -0.05) is 30.3 Å². The van der Waals surface area contributed by atoms with Crippen molar-refractivity contribution in [2.75, 3.05) is 13.7 Å². The zero-order chi connectivity index (χ0) is 12.9. The van der Waals surface area contributed by atoms with Crippen molar-refractivity contribution in [1.29, 1.82) is 0 Å². The summed E-state index contributed by atoms with van der Waals surface area (Å²) in [6.45, 7) is -1.25. The van der Waals surface area contributed by atoms with Crippen LogP contribution in [0.5, 0.6) is 0 Å². The highest BCUT2D eigenvalue weighted by Crippen LogP contribution is 2.18. The van der Waals surface area contributed by atoms with Crippen LogP contribution in [0.3, 0.4) is 0 Å². The third kappa shape index (κ3) is 4.44. The topological polar surface area (TPSA) is 38.3 Å². The monoisotopic (exact) mass is 247 g/mol. The smallest absolute Gasteiger partial charge is 0.401 e. The quantitative estimate of drug-likeness (QED) is 0.827. The minimum absolute atomic E-state index is 0.434. The number of halogens is 3. The number of ether oxygens (including phenoxy) is 1. The molecule has 1 unspecified atom stereocenters. The largest absolute Gasteiger partial charge is 0.468 e. The Kier molecular flexibility index (Phi) is 4.51. The summed E-state index contributed by atoms with van der Waals surface area (Å²) in [7, 11) is 1.13. The van der Waals surface area contributed by atoms with Crippen molar-refractivity contribution >= 4 is 5.97 Å². The molecular weight excluding hydrogens is 235 g/mol. The summed E-state index contributed by atoms with van der Waals surface area (Å²) >= 11 is 0. The predicted molar refractivity (Wildman–Crippen MR) is 55.3 cm³/mol. The van der Waals surface area contributed by atoms with Crippen LogP contribution in [0.1, 0.15) is 11.6 Å². The van der Waals surface area contributed by atoms with Crippen LogP contribution in [0, 0.1) is 0 Å². The average molecular weight is 247 g/mol. The number of carbonyl (C=O) groups excluding carboxylic acids is 1. The van der Waals surface area contributed by atoms with Crippen LogP contribution in [0.4, 0.5) is 13.2 Å². The normalized spacial score (nSPS) is 13.2. The summed E-state index contributed by atoms with van der Waals surface area (Å²) < 4.78 is 40.7. The molecule has 3 nitrogen and oxygen atoms in total. The Morgan fingerprint density at radius 1 is 1.35 bits per heavy atom. The van der Waals surface area contributed by atoms with Crippen LogP contribution in [0.25, 0.3) is 0 Å². The van der Waals surface area contributed by atoms with E-state index in [2.05, 4.69) is 10.1 Å². The van der Waals surface area contributed by atoms with Crippen molar-refractivity contribution in [2.24, 2.45) is 0 Å². The standard InChI is InChI=1S/C11H12F3NO2/c1-17-10(16)9(15-7-11(12,13)14)8-5-3-2-4-6-8/h2-6,9,15H,7H2,1H3. The molecule has 0 fully saturated rings. The van der Waals surface area contributed by atoms with Crippen LogP contribution in [-0.2, 0) is 9.53 Å². The summed E-state index contributed by atoms with van der Waals surface area (Å²) in [4.78, 5) is 11.4. The van der Waals surface area contributed by atoms with Crippen LogP contribution in [0.2, 0.25) is 0 Å². The summed E-state index contributed by atoms with van der Waals surface area (Å²) in [5.74, 6) is -0.750. The van der Waals surface area contributed by atoms with E-state index in [1.807, 2.05) is 0 Å². The maximum atomic E-state index is 12.1. The van der Waals surface area contributed by atoms with E-state index in [4.69, 9.17) is 0 Å². The number of nitrogens with one attached hydrogen (secondary N) is 1. The highest BCUT2D eigenvalue weighted by atomic mass is 19.4. The van der Waals surface area contributed by atoms with Crippen molar-refractivity contribution in [3.8, 4) is 0 Å². The minimum atomic E-state index is -4.37. The van der Waals surface area contributed by atoms with Crippen LogP contribution in [-0.4, -0.2) is 25.8 Å². The molecule has 17 heavy (non-hydrogen) atoms.